The highest BCUT2D eigenvalue weighted by Crippen LogP contribution is 2.67. The quantitative estimate of drug-likeness (QED) is 0.550. The second kappa shape index (κ2) is 8.37. The summed E-state index contributed by atoms with van der Waals surface area (Å²) in [4.78, 5) is 13.8. The maximum atomic E-state index is 13.8. The van der Waals surface area contributed by atoms with Crippen molar-refractivity contribution in [1.29, 1.82) is 0 Å². The molecule has 0 saturated heterocycles. The van der Waals surface area contributed by atoms with E-state index in [4.69, 9.17) is 18.9 Å². The number of carbonyl (C=O) groups excluding carboxylic acids is 1. The SMILES string of the molecule is CCOc1cc(OCC)c2c(c1)O[C@@]1(c3ccc(OC)cc3)[C@H](c3ccccc3)CC(=O)[C@@]21O. The predicted molar refractivity (Wildman–Crippen MR) is 127 cm³/mol. The summed E-state index contributed by atoms with van der Waals surface area (Å²) in [5.41, 5.74) is -1.36. The van der Waals surface area contributed by atoms with Crippen LogP contribution in [0.5, 0.6) is 23.0 Å². The third-order valence-electron chi connectivity index (χ3n) is 6.83. The first-order valence-electron chi connectivity index (χ1n) is 11.6. The van der Waals surface area contributed by atoms with Crippen LogP contribution in [0.3, 0.4) is 0 Å². The van der Waals surface area contributed by atoms with Gasteiger partial charge in [-0.3, -0.25) is 4.79 Å². The van der Waals surface area contributed by atoms with Gasteiger partial charge in [-0.2, -0.15) is 0 Å². The van der Waals surface area contributed by atoms with Crippen LogP contribution in [0.4, 0.5) is 0 Å². The molecule has 1 N–H and O–H groups in total. The van der Waals surface area contributed by atoms with Gasteiger partial charge in [0.05, 0.1) is 25.9 Å². The van der Waals surface area contributed by atoms with E-state index in [1.54, 1.807) is 19.2 Å². The van der Waals surface area contributed by atoms with Crippen molar-refractivity contribution in [3.8, 4) is 23.0 Å². The summed E-state index contributed by atoms with van der Waals surface area (Å²) in [6, 6.07) is 20.5. The van der Waals surface area contributed by atoms with E-state index < -0.39 is 17.1 Å². The number of ether oxygens (including phenoxy) is 4. The molecule has 0 bridgehead atoms. The molecule has 1 aliphatic heterocycles. The molecule has 3 aromatic rings. The average Bonchev–Trinajstić information content (AvgIpc) is 3.25. The van der Waals surface area contributed by atoms with Gasteiger partial charge in [0.15, 0.2) is 17.0 Å². The van der Waals surface area contributed by atoms with Gasteiger partial charge in [-0.1, -0.05) is 42.5 Å². The normalized spacial score (nSPS) is 24.8. The molecular weight excluding hydrogens is 432 g/mol. The first-order valence-corrected chi connectivity index (χ1v) is 11.6. The van der Waals surface area contributed by atoms with Gasteiger partial charge in [-0.25, -0.2) is 0 Å². The van der Waals surface area contributed by atoms with Gasteiger partial charge >= 0.3 is 0 Å². The average molecular weight is 461 g/mol. The molecule has 6 nitrogen and oxygen atoms in total. The third-order valence-corrected chi connectivity index (χ3v) is 6.83. The molecular formula is C28H28O6. The molecule has 1 saturated carbocycles. The van der Waals surface area contributed by atoms with Crippen LogP contribution in [0.1, 0.15) is 42.9 Å². The Balaban J connectivity index is 1.79. The van der Waals surface area contributed by atoms with Crippen LogP contribution in [-0.2, 0) is 16.0 Å². The smallest absolute Gasteiger partial charge is 0.200 e. The number of hydrogen-bond donors (Lipinski definition) is 1. The summed E-state index contributed by atoms with van der Waals surface area (Å²) in [6.45, 7) is 4.58. The third kappa shape index (κ3) is 3.02. The summed E-state index contributed by atoms with van der Waals surface area (Å²) in [5.74, 6) is 1.29. The minimum atomic E-state index is -1.94. The summed E-state index contributed by atoms with van der Waals surface area (Å²) in [5, 5.41) is 12.4. The van der Waals surface area contributed by atoms with Gasteiger partial charge in [0.25, 0.3) is 0 Å². The highest BCUT2D eigenvalue weighted by Gasteiger charge is 2.74. The zero-order valence-electron chi connectivity index (χ0n) is 19.5. The van der Waals surface area contributed by atoms with Gasteiger partial charge in [0.1, 0.15) is 23.0 Å². The van der Waals surface area contributed by atoms with Crippen LogP contribution < -0.4 is 18.9 Å². The Bertz CT molecular complexity index is 1210. The van der Waals surface area contributed by atoms with Crippen molar-refractivity contribution < 1.29 is 28.8 Å². The number of carbonyl (C=O) groups is 1. The van der Waals surface area contributed by atoms with Crippen LogP contribution in [0.2, 0.25) is 0 Å². The Labute approximate surface area is 199 Å². The van der Waals surface area contributed by atoms with E-state index in [0.717, 1.165) is 5.56 Å². The molecule has 176 valence electrons. The molecule has 3 aromatic carbocycles. The number of ketones is 1. The van der Waals surface area contributed by atoms with E-state index in [0.29, 0.717) is 47.3 Å². The van der Waals surface area contributed by atoms with Gasteiger partial charge in [-0.15, -0.1) is 0 Å². The van der Waals surface area contributed by atoms with Crippen LogP contribution in [0, 0.1) is 0 Å². The van der Waals surface area contributed by atoms with Gasteiger partial charge in [0.2, 0.25) is 0 Å². The summed E-state index contributed by atoms with van der Waals surface area (Å²) >= 11 is 0. The van der Waals surface area contributed by atoms with Crippen LogP contribution in [0.25, 0.3) is 0 Å². The van der Waals surface area contributed by atoms with Gasteiger partial charge < -0.3 is 24.1 Å². The lowest BCUT2D eigenvalue weighted by Crippen LogP contribution is -2.50. The van der Waals surface area contributed by atoms with Crippen molar-refractivity contribution in [1.82, 2.24) is 0 Å². The van der Waals surface area contributed by atoms with Crippen molar-refractivity contribution in [2.24, 2.45) is 0 Å². The number of rotatable bonds is 7. The molecule has 34 heavy (non-hydrogen) atoms. The van der Waals surface area contributed by atoms with Crippen molar-refractivity contribution in [3.05, 3.63) is 83.4 Å². The minimum Gasteiger partial charge on any atom is -0.497 e. The highest BCUT2D eigenvalue weighted by molar-refractivity contribution is 5.97. The Morgan fingerprint density at radius 2 is 1.68 bits per heavy atom. The van der Waals surface area contributed by atoms with E-state index in [9.17, 15) is 9.90 Å². The number of fused-ring (bicyclic) bond motifs is 3. The predicted octanol–water partition coefficient (Wildman–Crippen LogP) is 4.72. The molecule has 1 heterocycles. The zero-order chi connectivity index (χ0) is 23.9. The molecule has 0 spiro atoms. The van der Waals surface area contributed by atoms with Gasteiger partial charge in [0, 0.05) is 30.0 Å². The van der Waals surface area contributed by atoms with Gasteiger partial charge in [-0.05, 0) is 31.5 Å². The molecule has 5 rings (SSSR count). The van der Waals surface area contributed by atoms with E-state index in [1.165, 1.54) is 0 Å². The summed E-state index contributed by atoms with van der Waals surface area (Å²) in [6.07, 6.45) is 0.130. The Hall–Kier alpha value is -3.51. The topological polar surface area (TPSA) is 74.2 Å². The monoisotopic (exact) mass is 460 g/mol. The maximum Gasteiger partial charge on any atom is 0.200 e. The molecule has 6 heteroatoms. The Morgan fingerprint density at radius 1 is 0.971 bits per heavy atom. The molecule has 1 fully saturated rings. The fourth-order valence-electron chi connectivity index (χ4n) is 5.45. The molecule has 2 aliphatic rings. The van der Waals surface area contributed by atoms with Crippen molar-refractivity contribution in [2.75, 3.05) is 20.3 Å². The van der Waals surface area contributed by atoms with Crippen LogP contribution in [0.15, 0.2) is 66.7 Å². The molecule has 1 aliphatic carbocycles. The van der Waals surface area contributed by atoms with Crippen molar-refractivity contribution >= 4 is 5.78 Å². The zero-order valence-corrected chi connectivity index (χ0v) is 19.5. The number of hydrogen-bond acceptors (Lipinski definition) is 6. The first kappa shape index (κ1) is 22.3. The standard InChI is InChI=1S/C28H28O6/c1-4-32-21-15-23(33-5-2)26-24(16-21)34-28(19-11-13-20(31-3)14-12-19)22(17-25(29)27(26,28)30)18-9-7-6-8-10-18/h6-16,22,30H,4-5,17H2,1-3H3/t22-,27+,28-/m0/s1. The maximum absolute atomic E-state index is 13.8. The van der Waals surface area contributed by atoms with Crippen molar-refractivity contribution in [2.45, 2.75) is 37.4 Å². The summed E-state index contributed by atoms with van der Waals surface area (Å²) in [7, 11) is 1.60. The van der Waals surface area contributed by atoms with E-state index in [2.05, 4.69) is 0 Å². The largest absolute Gasteiger partial charge is 0.497 e. The lowest BCUT2D eigenvalue weighted by atomic mass is 9.71. The second-order valence-corrected chi connectivity index (χ2v) is 8.53. The first-order chi connectivity index (χ1) is 16.5. The molecule has 0 unspecified atom stereocenters. The highest BCUT2D eigenvalue weighted by atomic mass is 16.5. The fourth-order valence-corrected chi connectivity index (χ4v) is 5.45. The molecule has 0 amide bonds. The summed E-state index contributed by atoms with van der Waals surface area (Å²) < 4.78 is 23.7. The van der Waals surface area contributed by atoms with Crippen molar-refractivity contribution in [3.63, 3.8) is 0 Å². The fraction of sp³-hybridized carbons (Fsp3) is 0.321. The number of benzene rings is 3. The molecule has 0 radical (unpaired) electrons. The van der Waals surface area contributed by atoms with Crippen LogP contribution >= 0.6 is 0 Å². The van der Waals surface area contributed by atoms with E-state index in [1.807, 2.05) is 68.4 Å². The number of Topliss-reactive ketones (excluding diaryl/α,β-unsaturated/α-hetero) is 1. The minimum absolute atomic E-state index is 0.130. The lowest BCUT2D eigenvalue weighted by molar-refractivity contribution is -0.151. The second-order valence-electron chi connectivity index (χ2n) is 8.53. The number of aliphatic hydroxyl groups is 1. The molecule has 0 aromatic heterocycles. The molecule has 3 atom stereocenters. The lowest BCUT2D eigenvalue weighted by Gasteiger charge is -2.39. The number of methoxy groups -OCH3 is 1. The van der Waals surface area contributed by atoms with Crippen LogP contribution in [-0.4, -0.2) is 31.2 Å². The van der Waals surface area contributed by atoms with E-state index in [-0.39, 0.29) is 12.2 Å². The van der Waals surface area contributed by atoms with E-state index >= 15 is 0 Å². The Morgan fingerprint density at radius 3 is 2.32 bits per heavy atom. The Kier molecular flexibility index (Phi) is 5.48.